The molecule has 0 radical (unpaired) electrons. The molecule has 0 aliphatic carbocycles. The minimum atomic E-state index is 0.00659. The minimum Gasteiger partial charge on any atom is -0.380 e. The van der Waals surface area contributed by atoms with Crippen molar-refractivity contribution in [3.63, 3.8) is 0 Å². The van der Waals surface area contributed by atoms with Gasteiger partial charge in [0.25, 0.3) is 5.91 Å². The monoisotopic (exact) mass is 465 g/mol. The van der Waals surface area contributed by atoms with E-state index in [4.69, 9.17) is 4.74 Å². The maximum absolute atomic E-state index is 13.3. The fraction of sp³-hybridized carbons (Fsp3) is 0.593. The molecule has 4 rings (SSSR count). The lowest BCUT2D eigenvalue weighted by Crippen LogP contribution is -2.46. The Bertz CT molecular complexity index is 978. The molecule has 184 valence electrons. The molecule has 2 aliphatic rings. The quantitative estimate of drug-likeness (QED) is 0.695. The lowest BCUT2D eigenvalue weighted by Gasteiger charge is -2.36. The molecule has 1 atom stereocenters. The van der Waals surface area contributed by atoms with Crippen LogP contribution in [0.25, 0.3) is 0 Å². The molecule has 3 heterocycles. The lowest BCUT2D eigenvalue weighted by molar-refractivity contribution is 0.0597. The van der Waals surface area contributed by atoms with Gasteiger partial charge in [-0.2, -0.15) is 0 Å². The van der Waals surface area contributed by atoms with Crippen LogP contribution in [0.3, 0.4) is 0 Å². The highest BCUT2D eigenvalue weighted by Gasteiger charge is 2.32. The van der Waals surface area contributed by atoms with E-state index >= 15 is 0 Å². The van der Waals surface area contributed by atoms with Crippen molar-refractivity contribution in [3.05, 3.63) is 53.0 Å². The largest absolute Gasteiger partial charge is 0.380 e. The number of rotatable bonds is 6. The fourth-order valence-electron chi connectivity index (χ4n) is 5.01. The standard InChI is InChI=1S/C27H39N5O2/c1-19-24(26(33)31-13-10-22(11-14-31)32-15-12-23(17-32)34-5)29-18-30-25(19)28-16-20-6-8-21(9-7-20)27(2,3)4/h6-9,18,22-23H,10-17H2,1-5H3,(H,28,29,30)/t23-/m0/s1. The van der Waals surface area contributed by atoms with Crippen LogP contribution in [-0.2, 0) is 16.7 Å². The maximum Gasteiger partial charge on any atom is 0.272 e. The van der Waals surface area contributed by atoms with Crippen molar-refractivity contribution in [1.29, 1.82) is 0 Å². The van der Waals surface area contributed by atoms with Gasteiger partial charge < -0.3 is 15.0 Å². The molecule has 2 aromatic rings. The average molecular weight is 466 g/mol. The number of hydrogen-bond acceptors (Lipinski definition) is 6. The number of hydrogen-bond donors (Lipinski definition) is 1. The Morgan fingerprint density at radius 2 is 1.79 bits per heavy atom. The Labute approximate surface area is 203 Å². The Kier molecular flexibility index (Phi) is 7.53. The first-order chi connectivity index (χ1) is 16.3. The highest BCUT2D eigenvalue weighted by Crippen LogP contribution is 2.25. The van der Waals surface area contributed by atoms with Crippen molar-refractivity contribution in [2.75, 3.05) is 38.6 Å². The third kappa shape index (κ3) is 5.58. The van der Waals surface area contributed by atoms with E-state index in [-0.39, 0.29) is 11.3 Å². The van der Waals surface area contributed by atoms with Gasteiger partial charge in [-0.25, -0.2) is 9.97 Å². The van der Waals surface area contributed by atoms with Crippen molar-refractivity contribution < 1.29 is 9.53 Å². The van der Waals surface area contributed by atoms with Crippen LogP contribution in [0, 0.1) is 6.92 Å². The first kappa shape index (κ1) is 24.6. The van der Waals surface area contributed by atoms with Gasteiger partial charge >= 0.3 is 0 Å². The predicted molar refractivity (Wildman–Crippen MR) is 135 cm³/mol. The molecular weight excluding hydrogens is 426 g/mol. The van der Waals surface area contributed by atoms with Crippen molar-refractivity contribution >= 4 is 11.7 Å². The first-order valence-corrected chi connectivity index (χ1v) is 12.5. The molecule has 1 amide bonds. The number of amides is 1. The van der Waals surface area contributed by atoms with E-state index < -0.39 is 0 Å². The number of benzene rings is 1. The molecule has 2 saturated heterocycles. The summed E-state index contributed by atoms with van der Waals surface area (Å²) in [6, 6.07) is 9.20. The second-order valence-electron chi connectivity index (χ2n) is 10.7. The van der Waals surface area contributed by atoms with Crippen molar-refractivity contribution in [3.8, 4) is 0 Å². The van der Waals surface area contributed by atoms with Gasteiger partial charge in [0, 0.05) is 51.4 Å². The molecule has 7 heteroatoms. The van der Waals surface area contributed by atoms with Gasteiger partial charge in [-0.05, 0) is 42.7 Å². The number of aromatic nitrogens is 2. The lowest BCUT2D eigenvalue weighted by atomic mass is 9.87. The van der Waals surface area contributed by atoms with E-state index in [1.807, 2.05) is 11.8 Å². The summed E-state index contributed by atoms with van der Waals surface area (Å²) in [5.41, 5.74) is 3.94. The third-order valence-corrected chi connectivity index (χ3v) is 7.34. The van der Waals surface area contributed by atoms with Crippen LogP contribution in [0.5, 0.6) is 0 Å². The zero-order valence-electron chi connectivity index (χ0n) is 21.3. The molecule has 2 fully saturated rings. The molecule has 0 unspecified atom stereocenters. The number of nitrogens with one attached hydrogen (secondary N) is 1. The van der Waals surface area contributed by atoms with E-state index in [1.54, 1.807) is 7.11 Å². The predicted octanol–water partition coefficient (Wildman–Crippen LogP) is 4.02. The third-order valence-electron chi connectivity index (χ3n) is 7.34. The zero-order valence-corrected chi connectivity index (χ0v) is 21.3. The molecule has 1 aromatic carbocycles. The van der Waals surface area contributed by atoms with Crippen LogP contribution >= 0.6 is 0 Å². The van der Waals surface area contributed by atoms with Gasteiger partial charge in [0.05, 0.1) is 6.10 Å². The van der Waals surface area contributed by atoms with Gasteiger partial charge in [0.15, 0.2) is 0 Å². The molecular formula is C27H39N5O2. The van der Waals surface area contributed by atoms with Gasteiger partial charge in [-0.15, -0.1) is 0 Å². The summed E-state index contributed by atoms with van der Waals surface area (Å²) in [6.45, 7) is 12.9. The Balaban J connectivity index is 1.35. The van der Waals surface area contributed by atoms with Crippen LogP contribution in [0.1, 0.15) is 67.2 Å². The summed E-state index contributed by atoms with van der Waals surface area (Å²) < 4.78 is 5.51. The number of anilines is 1. The summed E-state index contributed by atoms with van der Waals surface area (Å²) in [6.07, 6.45) is 4.95. The molecule has 0 saturated carbocycles. The van der Waals surface area contributed by atoms with E-state index in [1.165, 1.54) is 17.5 Å². The van der Waals surface area contributed by atoms with Gasteiger partial charge in [0.2, 0.25) is 0 Å². The molecule has 7 nitrogen and oxygen atoms in total. The van der Waals surface area contributed by atoms with Gasteiger partial charge in [-0.3, -0.25) is 9.69 Å². The van der Waals surface area contributed by atoms with Crippen molar-refractivity contribution in [1.82, 2.24) is 19.8 Å². The number of piperidine rings is 1. The Morgan fingerprint density at radius 1 is 1.09 bits per heavy atom. The first-order valence-electron chi connectivity index (χ1n) is 12.5. The average Bonchev–Trinajstić information content (AvgIpc) is 3.32. The number of carbonyl (C=O) groups is 1. The smallest absolute Gasteiger partial charge is 0.272 e. The van der Waals surface area contributed by atoms with E-state index in [9.17, 15) is 4.79 Å². The van der Waals surface area contributed by atoms with Crippen LogP contribution in [0.4, 0.5) is 5.82 Å². The summed E-state index contributed by atoms with van der Waals surface area (Å²) in [5, 5.41) is 3.40. The Hall–Kier alpha value is -2.51. The maximum atomic E-state index is 13.3. The van der Waals surface area contributed by atoms with Crippen molar-refractivity contribution in [2.45, 2.75) is 71.1 Å². The fourth-order valence-corrected chi connectivity index (χ4v) is 5.01. The zero-order chi connectivity index (χ0) is 24.3. The summed E-state index contributed by atoms with van der Waals surface area (Å²) in [4.78, 5) is 26.5. The summed E-state index contributed by atoms with van der Waals surface area (Å²) in [5.74, 6) is 0.725. The molecule has 1 N–H and O–H groups in total. The summed E-state index contributed by atoms with van der Waals surface area (Å²) >= 11 is 0. The number of methoxy groups -OCH3 is 1. The van der Waals surface area contributed by atoms with Gasteiger partial charge in [-0.1, -0.05) is 45.0 Å². The van der Waals surface area contributed by atoms with Crippen LogP contribution in [0.2, 0.25) is 0 Å². The SMILES string of the molecule is CO[C@H]1CCN(C2CCN(C(=O)c3ncnc(NCc4ccc(C(C)(C)C)cc4)c3C)CC2)C1. The number of likely N-dealkylation sites (tertiary alicyclic amines) is 2. The summed E-state index contributed by atoms with van der Waals surface area (Å²) in [7, 11) is 1.80. The van der Waals surface area contributed by atoms with Crippen LogP contribution < -0.4 is 5.32 Å². The molecule has 2 aliphatic heterocycles. The van der Waals surface area contributed by atoms with Crippen LogP contribution in [-0.4, -0.2) is 71.1 Å². The molecule has 1 aromatic heterocycles. The Morgan fingerprint density at radius 3 is 2.41 bits per heavy atom. The molecule has 34 heavy (non-hydrogen) atoms. The number of ether oxygens (including phenoxy) is 1. The minimum absolute atomic E-state index is 0.00659. The van der Waals surface area contributed by atoms with Crippen molar-refractivity contribution in [2.24, 2.45) is 0 Å². The van der Waals surface area contributed by atoms with Gasteiger partial charge in [0.1, 0.15) is 17.8 Å². The highest BCUT2D eigenvalue weighted by molar-refractivity contribution is 5.94. The molecule has 0 spiro atoms. The number of carbonyl (C=O) groups excluding carboxylic acids is 1. The van der Waals surface area contributed by atoms with E-state index in [2.05, 4.69) is 65.2 Å². The second-order valence-corrected chi connectivity index (χ2v) is 10.7. The van der Waals surface area contributed by atoms with E-state index in [0.29, 0.717) is 24.4 Å². The topological polar surface area (TPSA) is 70.6 Å². The normalized spacial score (nSPS) is 20.0. The highest BCUT2D eigenvalue weighted by atomic mass is 16.5. The second kappa shape index (κ2) is 10.4. The van der Waals surface area contributed by atoms with E-state index in [0.717, 1.165) is 56.8 Å². The van der Waals surface area contributed by atoms with Crippen LogP contribution in [0.15, 0.2) is 30.6 Å². The molecule has 0 bridgehead atoms. The number of nitrogens with zero attached hydrogens (tertiary/aromatic N) is 4.